The predicted octanol–water partition coefficient (Wildman–Crippen LogP) is 1.97. The molecule has 3 N–H and O–H groups in total. The summed E-state index contributed by atoms with van der Waals surface area (Å²) in [5.74, 6) is 0.140. The largest absolute Gasteiger partial charge is 0.480 e. The molecule has 18 heavy (non-hydrogen) atoms. The normalized spacial score (nSPS) is 28.7. The van der Waals surface area contributed by atoms with E-state index in [2.05, 4.69) is 24.5 Å². The zero-order valence-corrected chi connectivity index (χ0v) is 11.4. The molecular formula is C13H24N2O3. The molecule has 1 rings (SSSR count). The third kappa shape index (κ3) is 3.62. The van der Waals surface area contributed by atoms with Gasteiger partial charge in [0.05, 0.1) is 0 Å². The Labute approximate surface area is 108 Å². The highest BCUT2D eigenvalue weighted by atomic mass is 16.4. The van der Waals surface area contributed by atoms with Gasteiger partial charge in [-0.1, -0.05) is 27.2 Å². The smallest absolute Gasteiger partial charge is 0.326 e. The van der Waals surface area contributed by atoms with Gasteiger partial charge in [-0.05, 0) is 31.1 Å². The summed E-state index contributed by atoms with van der Waals surface area (Å²) in [4.78, 5) is 22.6. The number of amides is 2. The van der Waals surface area contributed by atoms with Crippen molar-refractivity contribution in [3.63, 3.8) is 0 Å². The Balaban J connectivity index is 2.43. The van der Waals surface area contributed by atoms with Crippen molar-refractivity contribution in [3.05, 3.63) is 0 Å². The van der Waals surface area contributed by atoms with Crippen molar-refractivity contribution >= 4 is 12.0 Å². The van der Waals surface area contributed by atoms with E-state index in [0.29, 0.717) is 18.3 Å². The molecule has 0 heterocycles. The van der Waals surface area contributed by atoms with Crippen LogP contribution in [-0.4, -0.2) is 29.2 Å². The summed E-state index contributed by atoms with van der Waals surface area (Å²) in [5.41, 5.74) is 0. The topological polar surface area (TPSA) is 78.4 Å². The standard InChI is InChI=1S/C13H24N2O3/c1-4-9-6-7-11(8(9)3)15-13(18)14-10(5-2)12(16)17/h8-11H,4-7H2,1-3H3,(H,16,17)(H2,14,15,18)/t8?,9?,10-,11?/m0/s1. The molecule has 0 aliphatic heterocycles. The Hall–Kier alpha value is -1.26. The van der Waals surface area contributed by atoms with Crippen LogP contribution in [0.4, 0.5) is 4.79 Å². The third-order valence-electron chi connectivity index (χ3n) is 4.08. The fourth-order valence-electron chi connectivity index (χ4n) is 2.73. The number of carbonyl (C=O) groups is 2. The first-order valence-electron chi connectivity index (χ1n) is 6.79. The Morgan fingerprint density at radius 1 is 1.33 bits per heavy atom. The zero-order chi connectivity index (χ0) is 13.7. The van der Waals surface area contributed by atoms with E-state index in [4.69, 9.17) is 5.11 Å². The molecule has 0 aromatic carbocycles. The van der Waals surface area contributed by atoms with E-state index in [1.807, 2.05) is 0 Å². The first-order chi connectivity index (χ1) is 8.49. The number of urea groups is 1. The lowest BCUT2D eigenvalue weighted by atomic mass is 9.93. The summed E-state index contributed by atoms with van der Waals surface area (Å²) in [5, 5.41) is 14.3. The summed E-state index contributed by atoms with van der Waals surface area (Å²) in [6.07, 6.45) is 3.64. The van der Waals surface area contributed by atoms with Gasteiger partial charge in [0.2, 0.25) is 0 Å². The van der Waals surface area contributed by atoms with Crippen LogP contribution in [0.25, 0.3) is 0 Å². The molecule has 5 nitrogen and oxygen atoms in total. The van der Waals surface area contributed by atoms with Gasteiger partial charge in [0.25, 0.3) is 0 Å². The SMILES string of the molecule is CCC1CCC(NC(=O)N[C@@H](CC)C(=O)O)C1C. The second kappa shape index (κ2) is 6.61. The number of carboxylic acid groups (broad SMARTS) is 1. The minimum absolute atomic E-state index is 0.168. The van der Waals surface area contributed by atoms with Crippen molar-refractivity contribution in [2.45, 2.75) is 58.5 Å². The number of carboxylic acids is 1. The van der Waals surface area contributed by atoms with Gasteiger partial charge in [-0.2, -0.15) is 0 Å². The molecule has 3 unspecified atom stereocenters. The molecule has 2 amide bonds. The lowest BCUT2D eigenvalue weighted by Crippen LogP contribution is -2.49. The fraction of sp³-hybridized carbons (Fsp3) is 0.846. The average Bonchev–Trinajstić information content (AvgIpc) is 2.67. The molecule has 0 bridgehead atoms. The Morgan fingerprint density at radius 2 is 2.00 bits per heavy atom. The quantitative estimate of drug-likeness (QED) is 0.703. The summed E-state index contributed by atoms with van der Waals surface area (Å²) < 4.78 is 0. The molecule has 5 heteroatoms. The molecule has 1 saturated carbocycles. The third-order valence-corrected chi connectivity index (χ3v) is 4.08. The van der Waals surface area contributed by atoms with Crippen molar-refractivity contribution in [2.75, 3.05) is 0 Å². The minimum Gasteiger partial charge on any atom is -0.480 e. The van der Waals surface area contributed by atoms with Crippen molar-refractivity contribution < 1.29 is 14.7 Å². The van der Waals surface area contributed by atoms with E-state index < -0.39 is 12.0 Å². The summed E-state index contributed by atoms with van der Waals surface area (Å²) >= 11 is 0. The van der Waals surface area contributed by atoms with Crippen molar-refractivity contribution in [1.82, 2.24) is 10.6 Å². The second-order valence-electron chi connectivity index (χ2n) is 5.13. The Morgan fingerprint density at radius 3 is 2.44 bits per heavy atom. The lowest BCUT2D eigenvalue weighted by molar-refractivity contribution is -0.139. The fourth-order valence-corrected chi connectivity index (χ4v) is 2.73. The monoisotopic (exact) mass is 256 g/mol. The van der Waals surface area contributed by atoms with Crippen molar-refractivity contribution in [1.29, 1.82) is 0 Å². The maximum absolute atomic E-state index is 11.7. The number of rotatable bonds is 5. The van der Waals surface area contributed by atoms with Crippen LogP contribution >= 0.6 is 0 Å². The van der Waals surface area contributed by atoms with E-state index >= 15 is 0 Å². The molecule has 1 aliphatic carbocycles. The van der Waals surface area contributed by atoms with E-state index in [-0.39, 0.29) is 12.1 Å². The molecule has 0 saturated heterocycles. The highest BCUT2D eigenvalue weighted by Gasteiger charge is 2.32. The summed E-state index contributed by atoms with van der Waals surface area (Å²) in [6.45, 7) is 6.06. The predicted molar refractivity (Wildman–Crippen MR) is 69.3 cm³/mol. The van der Waals surface area contributed by atoms with Crippen LogP contribution in [0.1, 0.15) is 46.5 Å². The lowest BCUT2D eigenvalue weighted by Gasteiger charge is -2.22. The molecule has 4 atom stereocenters. The van der Waals surface area contributed by atoms with Crippen LogP contribution in [0, 0.1) is 11.8 Å². The molecule has 0 radical (unpaired) electrons. The molecule has 1 aliphatic rings. The van der Waals surface area contributed by atoms with Crippen LogP contribution in [-0.2, 0) is 4.79 Å². The number of hydrogen-bond donors (Lipinski definition) is 3. The van der Waals surface area contributed by atoms with E-state index in [0.717, 1.165) is 19.3 Å². The molecule has 1 fully saturated rings. The Bertz CT molecular complexity index is 307. The van der Waals surface area contributed by atoms with Crippen LogP contribution < -0.4 is 10.6 Å². The van der Waals surface area contributed by atoms with Gasteiger partial charge in [0.1, 0.15) is 6.04 Å². The van der Waals surface area contributed by atoms with Crippen LogP contribution in [0.5, 0.6) is 0 Å². The molecule has 0 aromatic rings. The van der Waals surface area contributed by atoms with Crippen LogP contribution in [0.15, 0.2) is 0 Å². The van der Waals surface area contributed by atoms with Gasteiger partial charge in [-0.25, -0.2) is 9.59 Å². The maximum atomic E-state index is 11.7. The zero-order valence-electron chi connectivity index (χ0n) is 11.4. The minimum atomic E-state index is -0.987. The molecule has 104 valence electrons. The van der Waals surface area contributed by atoms with Crippen LogP contribution in [0.3, 0.4) is 0 Å². The highest BCUT2D eigenvalue weighted by molar-refractivity contribution is 5.82. The molecule has 0 spiro atoms. The first kappa shape index (κ1) is 14.8. The van der Waals surface area contributed by atoms with Gasteiger partial charge in [0.15, 0.2) is 0 Å². The van der Waals surface area contributed by atoms with Gasteiger partial charge >= 0.3 is 12.0 Å². The highest BCUT2D eigenvalue weighted by Crippen LogP contribution is 2.33. The van der Waals surface area contributed by atoms with Crippen LogP contribution in [0.2, 0.25) is 0 Å². The number of aliphatic carboxylic acids is 1. The second-order valence-corrected chi connectivity index (χ2v) is 5.13. The number of carbonyl (C=O) groups excluding carboxylic acids is 1. The van der Waals surface area contributed by atoms with Crippen molar-refractivity contribution in [3.8, 4) is 0 Å². The Kier molecular flexibility index (Phi) is 5.44. The van der Waals surface area contributed by atoms with E-state index in [1.165, 1.54) is 0 Å². The van der Waals surface area contributed by atoms with Gasteiger partial charge in [-0.15, -0.1) is 0 Å². The summed E-state index contributed by atoms with van der Waals surface area (Å²) in [6, 6.07) is -0.997. The van der Waals surface area contributed by atoms with Crippen molar-refractivity contribution in [2.24, 2.45) is 11.8 Å². The molecular weight excluding hydrogens is 232 g/mol. The van der Waals surface area contributed by atoms with Gasteiger partial charge < -0.3 is 15.7 Å². The van der Waals surface area contributed by atoms with E-state index in [1.54, 1.807) is 6.92 Å². The summed E-state index contributed by atoms with van der Waals surface area (Å²) in [7, 11) is 0. The van der Waals surface area contributed by atoms with Gasteiger partial charge in [0, 0.05) is 6.04 Å². The number of nitrogens with one attached hydrogen (secondary N) is 2. The van der Waals surface area contributed by atoms with E-state index in [9.17, 15) is 9.59 Å². The number of hydrogen-bond acceptors (Lipinski definition) is 2. The molecule has 0 aromatic heterocycles. The first-order valence-corrected chi connectivity index (χ1v) is 6.79. The average molecular weight is 256 g/mol. The van der Waals surface area contributed by atoms with Gasteiger partial charge in [-0.3, -0.25) is 0 Å². The maximum Gasteiger partial charge on any atom is 0.326 e.